The number of nitrogens with zero attached hydrogens (tertiary/aromatic N) is 1. The van der Waals surface area contributed by atoms with Crippen LogP contribution in [0, 0.1) is 6.92 Å². The molecule has 0 atom stereocenters. The molecule has 2 aromatic rings. The van der Waals surface area contributed by atoms with E-state index in [4.69, 9.17) is 5.73 Å². The van der Waals surface area contributed by atoms with Crippen molar-refractivity contribution in [2.45, 2.75) is 80.7 Å². The third kappa shape index (κ3) is 7.94. The summed E-state index contributed by atoms with van der Waals surface area (Å²) in [5.74, 6) is 0. The zero-order valence-electron chi connectivity index (χ0n) is 21.0. The molecule has 31 heavy (non-hydrogen) atoms. The van der Waals surface area contributed by atoms with Gasteiger partial charge < -0.3 is 10.6 Å². The van der Waals surface area contributed by atoms with Crippen LogP contribution in [0.5, 0.6) is 0 Å². The largest absolute Gasteiger partial charge is 0.402 e. The van der Waals surface area contributed by atoms with Crippen molar-refractivity contribution in [2.24, 2.45) is 5.73 Å². The molecule has 0 bridgehead atoms. The number of benzene rings is 2. The Labute approximate surface area is 191 Å². The first-order chi connectivity index (χ1) is 15.1. The molecular weight excluding hydrogens is 376 g/mol. The molecule has 0 radical (unpaired) electrons. The van der Waals surface area contributed by atoms with Gasteiger partial charge in [-0.3, -0.25) is 0 Å². The molecule has 0 saturated carbocycles. The molecule has 170 valence electrons. The van der Waals surface area contributed by atoms with Crippen LogP contribution in [0.25, 0.3) is 5.70 Å². The standard InChI is InChI=1S/C25H32N2.2C2H6/c1-4-6-23(26)17-21-12-13-24-22(16-21)14-15-27(25(24)7-5-2)18-20-10-8-19(3)9-11-20;2*1-2/h6-13,16H,4-5,14-15,17-18,26H2,1-3H3;2*1-2H3/b23-6?,25-7-;;. The van der Waals surface area contributed by atoms with Crippen molar-refractivity contribution < 1.29 is 0 Å². The molecule has 2 heteroatoms. The van der Waals surface area contributed by atoms with E-state index in [0.717, 1.165) is 44.5 Å². The fourth-order valence-electron chi connectivity index (χ4n) is 3.84. The quantitative estimate of drug-likeness (QED) is 0.520. The molecule has 0 spiro atoms. The molecule has 1 aliphatic heterocycles. The van der Waals surface area contributed by atoms with Crippen LogP contribution in [0.3, 0.4) is 0 Å². The summed E-state index contributed by atoms with van der Waals surface area (Å²) in [4.78, 5) is 2.53. The number of rotatable bonds is 6. The number of aryl methyl sites for hydroxylation is 1. The Balaban J connectivity index is 0.00000113. The van der Waals surface area contributed by atoms with Crippen LogP contribution in [0.1, 0.15) is 82.2 Å². The normalized spacial score (nSPS) is 14.2. The van der Waals surface area contributed by atoms with Crippen LogP contribution in [0.15, 0.2) is 60.3 Å². The van der Waals surface area contributed by atoms with E-state index in [-0.39, 0.29) is 0 Å². The molecule has 0 amide bonds. The number of hydrogen-bond donors (Lipinski definition) is 1. The maximum Gasteiger partial charge on any atom is 0.0429 e. The minimum absolute atomic E-state index is 0.848. The molecular formula is C29H44N2. The molecule has 2 N–H and O–H groups in total. The summed E-state index contributed by atoms with van der Waals surface area (Å²) in [6.07, 6.45) is 8.47. The fraction of sp³-hybridized carbons (Fsp3) is 0.448. The van der Waals surface area contributed by atoms with E-state index in [0.29, 0.717) is 0 Å². The number of allylic oxidation sites excluding steroid dienone is 3. The summed E-state index contributed by atoms with van der Waals surface area (Å²) in [6, 6.07) is 15.8. The summed E-state index contributed by atoms with van der Waals surface area (Å²) < 4.78 is 0. The molecule has 1 heterocycles. The Morgan fingerprint density at radius 1 is 0.935 bits per heavy atom. The molecule has 0 unspecified atom stereocenters. The van der Waals surface area contributed by atoms with Crippen molar-refractivity contribution >= 4 is 5.70 Å². The van der Waals surface area contributed by atoms with Gasteiger partial charge >= 0.3 is 0 Å². The highest BCUT2D eigenvalue weighted by molar-refractivity contribution is 5.69. The molecule has 0 aromatic heterocycles. The maximum atomic E-state index is 6.13. The zero-order valence-corrected chi connectivity index (χ0v) is 21.0. The summed E-state index contributed by atoms with van der Waals surface area (Å²) >= 11 is 0. The van der Waals surface area contributed by atoms with Gasteiger partial charge in [-0.25, -0.2) is 0 Å². The van der Waals surface area contributed by atoms with Crippen molar-refractivity contribution in [3.05, 3.63) is 88.1 Å². The average Bonchev–Trinajstić information content (AvgIpc) is 2.80. The fourth-order valence-corrected chi connectivity index (χ4v) is 3.84. The zero-order chi connectivity index (χ0) is 23.2. The summed E-state index contributed by atoms with van der Waals surface area (Å²) in [5.41, 5.74) is 15.3. The van der Waals surface area contributed by atoms with E-state index in [9.17, 15) is 0 Å². The van der Waals surface area contributed by atoms with E-state index < -0.39 is 0 Å². The van der Waals surface area contributed by atoms with Crippen molar-refractivity contribution in [3.63, 3.8) is 0 Å². The number of fused-ring (bicyclic) bond motifs is 1. The second kappa shape index (κ2) is 14.5. The molecule has 0 saturated heterocycles. The highest BCUT2D eigenvalue weighted by Crippen LogP contribution is 2.31. The highest BCUT2D eigenvalue weighted by atomic mass is 15.1. The Morgan fingerprint density at radius 3 is 2.19 bits per heavy atom. The molecule has 0 fully saturated rings. The lowest BCUT2D eigenvalue weighted by molar-refractivity contribution is 0.382. The van der Waals surface area contributed by atoms with Gasteiger partial charge in [0, 0.05) is 36.5 Å². The first-order valence-electron chi connectivity index (χ1n) is 12.2. The van der Waals surface area contributed by atoms with Gasteiger partial charge in [-0.2, -0.15) is 0 Å². The van der Waals surface area contributed by atoms with Crippen LogP contribution >= 0.6 is 0 Å². The Bertz CT molecular complexity index is 828. The first-order valence-corrected chi connectivity index (χ1v) is 12.2. The molecule has 3 rings (SSSR count). The van der Waals surface area contributed by atoms with Gasteiger partial charge in [0.15, 0.2) is 0 Å². The lowest BCUT2D eigenvalue weighted by Crippen LogP contribution is -2.29. The minimum Gasteiger partial charge on any atom is -0.402 e. The van der Waals surface area contributed by atoms with Crippen LogP contribution in [0.2, 0.25) is 0 Å². The number of nitrogens with two attached hydrogens (primary N) is 1. The Hall–Kier alpha value is -2.48. The summed E-state index contributed by atoms with van der Waals surface area (Å²) in [6.45, 7) is 16.5. The van der Waals surface area contributed by atoms with E-state index in [1.807, 2.05) is 27.7 Å². The number of hydrogen-bond acceptors (Lipinski definition) is 2. The van der Waals surface area contributed by atoms with Crippen molar-refractivity contribution in [1.82, 2.24) is 4.90 Å². The molecule has 1 aliphatic rings. The molecule has 2 aromatic carbocycles. The minimum atomic E-state index is 0.848. The molecule has 0 aliphatic carbocycles. The summed E-state index contributed by atoms with van der Waals surface area (Å²) in [7, 11) is 0. The second-order valence-electron chi connectivity index (χ2n) is 7.51. The average molecular weight is 421 g/mol. The second-order valence-corrected chi connectivity index (χ2v) is 7.51. The third-order valence-electron chi connectivity index (χ3n) is 5.20. The lowest BCUT2D eigenvalue weighted by Gasteiger charge is -2.34. The highest BCUT2D eigenvalue weighted by Gasteiger charge is 2.21. The van der Waals surface area contributed by atoms with E-state index >= 15 is 0 Å². The van der Waals surface area contributed by atoms with Crippen LogP contribution in [-0.4, -0.2) is 11.4 Å². The van der Waals surface area contributed by atoms with Gasteiger partial charge in [0.2, 0.25) is 0 Å². The smallest absolute Gasteiger partial charge is 0.0429 e. The van der Waals surface area contributed by atoms with E-state index in [2.05, 4.69) is 80.3 Å². The van der Waals surface area contributed by atoms with Crippen molar-refractivity contribution in [2.75, 3.05) is 6.54 Å². The van der Waals surface area contributed by atoms with Crippen LogP contribution in [-0.2, 0) is 19.4 Å². The van der Waals surface area contributed by atoms with E-state index in [1.54, 1.807) is 0 Å². The predicted molar refractivity (Wildman–Crippen MR) is 139 cm³/mol. The lowest BCUT2D eigenvalue weighted by atomic mass is 9.92. The van der Waals surface area contributed by atoms with E-state index in [1.165, 1.54) is 33.5 Å². The van der Waals surface area contributed by atoms with Gasteiger partial charge in [0.25, 0.3) is 0 Å². The van der Waals surface area contributed by atoms with Crippen LogP contribution in [0.4, 0.5) is 0 Å². The van der Waals surface area contributed by atoms with Gasteiger partial charge in [-0.1, -0.05) is 102 Å². The van der Waals surface area contributed by atoms with Gasteiger partial charge in [0.05, 0.1) is 0 Å². The van der Waals surface area contributed by atoms with Gasteiger partial charge in [-0.05, 0) is 42.9 Å². The SMILES string of the molecule is CC.CC.CCC=C(N)Cc1ccc2c(c1)CCN(Cc1ccc(C)cc1)/C2=C\CC. The van der Waals surface area contributed by atoms with Crippen molar-refractivity contribution in [1.29, 1.82) is 0 Å². The third-order valence-corrected chi connectivity index (χ3v) is 5.20. The maximum absolute atomic E-state index is 6.13. The molecule has 2 nitrogen and oxygen atoms in total. The van der Waals surface area contributed by atoms with Gasteiger partial charge in [0.1, 0.15) is 0 Å². The predicted octanol–water partition coefficient (Wildman–Crippen LogP) is 7.65. The Morgan fingerprint density at radius 2 is 1.58 bits per heavy atom. The summed E-state index contributed by atoms with van der Waals surface area (Å²) in [5, 5.41) is 0. The van der Waals surface area contributed by atoms with Gasteiger partial charge in [-0.15, -0.1) is 0 Å². The van der Waals surface area contributed by atoms with Crippen molar-refractivity contribution in [3.8, 4) is 0 Å². The first kappa shape index (κ1) is 26.6. The Kier molecular flexibility index (Phi) is 12.4. The monoisotopic (exact) mass is 420 g/mol. The van der Waals surface area contributed by atoms with Crippen LogP contribution < -0.4 is 5.73 Å². The topological polar surface area (TPSA) is 29.3 Å².